The molecule has 3 aromatic rings. The summed E-state index contributed by atoms with van der Waals surface area (Å²) in [7, 11) is -2.70. The number of rotatable bonds is 11. The van der Waals surface area contributed by atoms with Gasteiger partial charge in [-0.15, -0.1) is 0 Å². The van der Waals surface area contributed by atoms with Gasteiger partial charge in [-0.1, -0.05) is 45.8 Å². The molecule has 0 spiro atoms. The number of carbonyl (C=O) groups excluding carboxylic acids is 2. The molecule has 1 N–H and O–H groups in total. The smallest absolute Gasteiger partial charge is 0.264 e. The van der Waals surface area contributed by atoms with Crippen LogP contribution >= 0.6 is 31.9 Å². The highest BCUT2D eigenvalue weighted by atomic mass is 79.9. The summed E-state index contributed by atoms with van der Waals surface area (Å²) in [6.07, 6.45) is 0. The first kappa shape index (κ1) is 31.6. The molecule has 3 aromatic carbocycles. The Morgan fingerprint density at radius 3 is 2.12 bits per heavy atom. The topological polar surface area (TPSA) is 96.0 Å². The van der Waals surface area contributed by atoms with Crippen molar-refractivity contribution < 1.29 is 22.7 Å². The lowest BCUT2D eigenvalue weighted by Crippen LogP contribution is -2.52. The Labute approximate surface area is 253 Å². The summed E-state index contributed by atoms with van der Waals surface area (Å²) < 4.78 is 35.6. The van der Waals surface area contributed by atoms with E-state index in [1.54, 1.807) is 37.3 Å². The molecule has 0 aliphatic heterocycles. The molecule has 2 amide bonds. The number of aryl methyl sites for hydroxylation is 1. The number of methoxy groups -OCH3 is 1. The Morgan fingerprint density at radius 1 is 0.950 bits per heavy atom. The van der Waals surface area contributed by atoms with Gasteiger partial charge in [0.15, 0.2) is 0 Å². The Hall–Kier alpha value is -2.89. The van der Waals surface area contributed by atoms with Gasteiger partial charge >= 0.3 is 0 Å². The molecule has 3 rings (SSSR count). The molecular formula is C29H33Br2N3O5S. The molecule has 11 heteroatoms. The molecule has 40 heavy (non-hydrogen) atoms. The number of sulfonamides is 1. The summed E-state index contributed by atoms with van der Waals surface area (Å²) >= 11 is 6.77. The minimum Gasteiger partial charge on any atom is -0.496 e. The van der Waals surface area contributed by atoms with Crippen molar-refractivity contribution >= 4 is 59.4 Å². The summed E-state index contributed by atoms with van der Waals surface area (Å²) in [4.78, 5) is 28.3. The molecule has 0 heterocycles. The van der Waals surface area contributed by atoms with E-state index >= 15 is 0 Å². The third kappa shape index (κ3) is 7.86. The Bertz CT molecular complexity index is 1450. The maximum Gasteiger partial charge on any atom is 0.264 e. The third-order valence-electron chi connectivity index (χ3n) is 6.18. The Morgan fingerprint density at radius 2 is 1.57 bits per heavy atom. The average Bonchev–Trinajstić information content (AvgIpc) is 2.91. The molecule has 0 fully saturated rings. The average molecular weight is 695 g/mol. The van der Waals surface area contributed by atoms with Gasteiger partial charge in [0.25, 0.3) is 10.0 Å². The van der Waals surface area contributed by atoms with Crippen LogP contribution in [-0.4, -0.2) is 50.9 Å². The normalized spacial score (nSPS) is 12.1. The number of hydrogen-bond acceptors (Lipinski definition) is 5. The van der Waals surface area contributed by atoms with Crippen molar-refractivity contribution in [3.8, 4) is 5.75 Å². The van der Waals surface area contributed by atoms with Gasteiger partial charge in [0.1, 0.15) is 18.3 Å². The third-order valence-corrected chi connectivity index (χ3v) is 9.09. The minimum atomic E-state index is -4.19. The van der Waals surface area contributed by atoms with Crippen LogP contribution in [0.1, 0.15) is 31.9 Å². The summed E-state index contributed by atoms with van der Waals surface area (Å²) in [5, 5.41) is 2.85. The molecule has 1 unspecified atom stereocenters. The van der Waals surface area contributed by atoms with Crippen LogP contribution in [0.3, 0.4) is 0 Å². The van der Waals surface area contributed by atoms with E-state index < -0.39 is 28.5 Å². The highest BCUT2D eigenvalue weighted by Crippen LogP contribution is 2.31. The number of nitrogens with zero attached hydrogens (tertiary/aromatic N) is 2. The largest absolute Gasteiger partial charge is 0.496 e. The fourth-order valence-corrected chi connectivity index (χ4v) is 6.35. The lowest BCUT2D eigenvalue weighted by Gasteiger charge is -2.32. The lowest BCUT2D eigenvalue weighted by molar-refractivity contribution is -0.139. The first-order valence-electron chi connectivity index (χ1n) is 12.6. The van der Waals surface area contributed by atoms with Crippen molar-refractivity contribution in [2.75, 3.05) is 18.0 Å². The zero-order chi connectivity index (χ0) is 29.6. The number of nitrogens with one attached hydrogen (secondary N) is 1. The van der Waals surface area contributed by atoms with E-state index in [-0.39, 0.29) is 23.4 Å². The maximum absolute atomic E-state index is 14.0. The first-order chi connectivity index (χ1) is 18.8. The van der Waals surface area contributed by atoms with Crippen molar-refractivity contribution in [1.82, 2.24) is 10.2 Å². The van der Waals surface area contributed by atoms with Gasteiger partial charge in [0.05, 0.1) is 22.2 Å². The standard InChI is InChI=1S/C29H33Br2N3O5S/c1-19(2)32-29(36)21(4)33(17-22-8-10-23(30)11-9-22)28(35)18-34(24-12-6-20(3)7-13-24)40(37,38)25-14-15-27(39-5)26(31)16-25/h6-16,19,21H,17-18H2,1-5H3,(H,32,36). The number of hydrogen-bond donors (Lipinski definition) is 1. The second kappa shape index (κ2) is 13.6. The lowest BCUT2D eigenvalue weighted by atomic mass is 10.1. The van der Waals surface area contributed by atoms with Crippen LogP contribution < -0.4 is 14.4 Å². The monoisotopic (exact) mass is 693 g/mol. The number of carbonyl (C=O) groups is 2. The predicted molar refractivity (Wildman–Crippen MR) is 164 cm³/mol. The first-order valence-corrected chi connectivity index (χ1v) is 15.6. The maximum atomic E-state index is 14.0. The zero-order valence-electron chi connectivity index (χ0n) is 23.0. The zero-order valence-corrected chi connectivity index (χ0v) is 27.0. The van der Waals surface area contributed by atoms with Gasteiger partial charge in [0.2, 0.25) is 11.8 Å². The number of amides is 2. The molecule has 0 saturated heterocycles. The Kier molecular flexibility index (Phi) is 10.8. The van der Waals surface area contributed by atoms with Crippen LogP contribution in [0.15, 0.2) is 80.6 Å². The molecule has 0 bridgehead atoms. The van der Waals surface area contributed by atoms with Gasteiger partial charge in [-0.3, -0.25) is 13.9 Å². The molecular weight excluding hydrogens is 662 g/mol. The fraction of sp³-hybridized carbons (Fsp3) is 0.310. The summed E-state index contributed by atoms with van der Waals surface area (Å²) in [5.41, 5.74) is 2.06. The van der Waals surface area contributed by atoms with E-state index in [0.29, 0.717) is 15.9 Å². The van der Waals surface area contributed by atoms with E-state index in [4.69, 9.17) is 4.74 Å². The SMILES string of the molecule is COc1ccc(S(=O)(=O)N(CC(=O)N(Cc2ccc(Br)cc2)C(C)C(=O)NC(C)C)c2ccc(C)cc2)cc1Br. The van der Waals surface area contributed by atoms with E-state index in [2.05, 4.69) is 37.2 Å². The Balaban J connectivity index is 2.04. The molecule has 0 aliphatic rings. The van der Waals surface area contributed by atoms with Crippen LogP contribution in [-0.2, 0) is 26.2 Å². The molecule has 0 aromatic heterocycles. The van der Waals surface area contributed by atoms with Crippen molar-refractivity contribution in [2.45, 2.75) is 51.2 Å². The summed E-state index contributed by atoms with van der Waals surface area (Å²) in [5.74, 6) is -0.377. The van der Waals surface area contributed by atoms with Crippen LogP contribution in [0, 0.1) is 6.92 Å². The molecule has 0 saturated carbocycles. The van der Waals surface area contributed by atoms with Crippen molar-refractivity contribution in [1.29, 1.82) is 0 Å². The molecule has 214 valence electrons. The molecule has 8 nitrogen and oxygen atoms in total. The van der Waals surface area contributed by atoms with Gasteiger partial charge in [0, 0.05) is 17.1 Å². The van der Waals surface area contributed by atoms with E-state index in [9.17, 15) is 18.0 Å². The molecule has 1 atom stereocenters. The highest BCUT2D eigenvalue weighted by molar-refractivity contribution is 9.10. The van der Waals surface area contributed by atoms with E-state index in [1.807, 2.05) is 45.0 Å². The van der Waals surface area contributed by atoms with Crippen LogP contribution in [0.25, 0.3) is 0 Å². The molecule has 0 aliphatic carbocycles. The van der Waals surface area contributed by atoms with Crippen LogP contribution in [0.5, 0.6) is 5.75 Å². The molecule has 0 radical (unpaired) electrons. The quantitative estimate of drug-likeness (QED) is 0.279. The summed E-state index contributed by atoms with van der Waals surface area (Å²) in [6.45, 7) is 6.82. The number of halogens is 2. The van der Waals surface area contributed by atoms with E-state index in [0.717, 1.165) is 19.9 Å². The minimum absolute atomic E-state index is 0.0152. The highest BCUT2D eigenvalue weighted by Gasteiger charge is 2.33. The van der Waals surface area contributed by atoms with Gasteiger partial charge in [-0.2, -0.15) is 0 Å². The number of benzene rings is 3. The fourth-order valence-electron chi connectivity index (χ4n) is 3.95. The van der Waals surface area contributed by atoms with Crippen LogP contribution in [0.2, 0.25) is 0 Å². The predicted octanol–water partition coefficient (Wildman–Crippen LogP) is 5.67. The van der Waals surface area contributed by atoms with E-state index in [1.165, 1.54) is 24.1 Å². The van der Waals surface area contributed by atoms with Crippen molar-refractivity contribution in [3.05, 3.63) is 86.8 Å². The summed E-state index contributed by atoms with van der Waals surface area (Å²) in [6, 6.07) is 17.7. The van der Waals surface area contributed by atoms with Gasteiger partial charge in [-0.25, -0.2) is 8.42 Å². The van der Waals surface area contributed by atoms with Gasteiger partial charge in [-0.05, 0) is 91.7 Å². The van der Waals surface area contributed by atoms with Crippen molar-refractivity contribution in [2.24, 2.45) is 0 Å². The number of ether oxygens (including phenoxy) is 1. The van der Waals surface area contributed by atoms with Crippen LogP contribution in [0.4, 0.5) is 5.69 Å². The second-order valence-electron chi connectivity index (χ2n) is 9.63. The second-order valence-corrected chi connectivity index (χ2v) is 13.3. The van der Waals surface area contributed by atoms with Crippen molar-refractivity contribution in [3.63, 3.8) is 0 Å². The van der Waals surface area contributed by atoms with Gasteiger partial charge < -0.3 is 15.0 Å². The number of anilines is 1.